The van der Waals surface area contributed by atoms with Crippen molar-refractivity contribution in [3.05, 3.63) is 29.3 Å². The van der Waals surface area contributed by atoms with Gasteiger partial charge in [-0.05, 0) is 12.1 Å². The molecule has 1 aromatic rings. The van der Waals surface area contributed by atoms with Crippen molar-refractivity contribution in [2.24, 2.45) is 5.73 Å². The molecule has 5 heteroatoms. The second kappa shape index (κ2) is 5.14. The van der Waals surface area contributed by atoms with Crippen molar-refractivity contribution in [3.8, 4) is 11.5 Å². The largest absolute Gasteiger partial charge is 0.486 e. The maximum atomic E-state index is 12.7. The van der Waals surface area contributed by atoms with Crippen LogP contribution in [-0.2, 0) is 0 Å². The highest BCUT2D eigenvalue weighted by Gasteiger charge is 2.19. The van der Waals surface area contributed by atoms with E-state index >= 15 is 0 Å². The number of ether oxygens (including phenoxy) is 2. The molecule has 0 amide bonds. The van der Waals surface area contributed by atoms with Gasteiger partial charge >= 0.3 is 0 Å². The second-order valence-corrected chi connectivity index (χ2v) is 3.57. The van der Waals surface area contributed by atoms with Crippen LogP contribution in [0.15, 0.2) is 18.2 Å². The number of alkyl halides is 2. The average Bonchev–Trinajstić information content (AvgIpc) is 2.35. The molecule has 0 aliphatic carbocycles. The minimum atomic E-state index is -2.53. The predicted molar refractivity (Wildman–Crippen MR) is 60.5 cm³/mol. The Hall–Kier alpha value is -1.62. The van der Waals surface area contributed by atoms with Gasteiger partial charge in [0.2, 0.25) is 0 Å². The molecule has 0 fully saturated rings. The van der Waals surface area contributed by atoms with Crippen molar-refractivity contribution in [1.29, 1.82) is 0 Å². The molecule has 0 spiro atoms. The van der Waals surface area contributed by atoms with E-state index in [9.17, 15) is 8.78 Å². The van der Waals surface area contributed by atoms with Gasteiger partial charge < -0.3 is 15.2 Å². The first-order valence-corrected chi connectivity index (χ1v) is 5.30. The summed E-state index contributed by atoms with van der Waals surface area (Å²) < 4.78 is 36.1. The molecule has 0 radical (unpaired) electrons. The van der Waals surface area contributed by atoms with E-state index in [2.05, 4.69) is 0 Å². The lowest BCUT2D eigenvalue weighted by atomic mass is 10.1. The van der Waals surface area contributed by atoms with Gasteiger partial charge in [-0.1, -0.05) is 12.2 Å². The zero-order valence-corrected chi connectivity index (χ0v) is 9.16. The van der Waals surface area contributed by atoms with Crippen LogP contribution in [0.1, 0.15) is 17.6 Å². The topological polar surface area (TPSA) is 44.5 Å². The smallest absolute Gasteiger partial charge is 0.264 e. The third-order valence-electron chi connectivity index (χ3n) is 2.38. The molecule has 0 aromatic heterocycles. The highest BCUT2D eigenvalue weighted by atomic mass is 19.3. The van der Waals surface area contributed by atoms with Crippen LogP contribution in [0.3, 0.4) is 0 Å². The van der Waals surface area contributed by atoms with Gasteiger partial charge in [-0.25, -0.2) is 8.78 Å². The Morgan fingerprint density at radius 2 is 2.06 bits per heavy atom. The van der Waals surface area contributed by atoms with Crippen molar-refractivity contribution in [3.63, 3.8) is 0 Å². The van der Waals surface area contributed by atoms with Gasteiger partial charge in [0, 0.05) is 17.7 Å². The van der Waals surface area contributed by atoms with Crippen molar-refractivity contribution in [2.75, 3.05) is 19.8 Å². The molecule has 2 rings (SSSR count). The molecule has 92 valence electrons. The number of fused-ring (bicyclic) bond motifs is 1. The summed E-state index contributed by atoms with van der Waals surface area (Å²) in [4.78, 5) is 0. The summed E-state index contributed by atoms with van der Waals surface area (Å²) >= 11 is 0. The SMILES string of the molecule is NC/C=C/c1cc(C(F)F)cc2c1OCCO2. The number of benzene rings is 1. The van der Waals surface area contributed by atoms with Crippen LogP contribution in [0.5, 0.6) is 11.5 Å². The van der Waals surface area contributed by atoms with E-state index in [0.29, 0.717) is 36.8 Å². The van der Waals surface area contributed by atoms with Crippen LogP contribution in [0.2, 0.25) is 0 Å². The molecule has 2 N–H and O–H groups in total. The number of halogens is 2. The highest BCUT2D eigenvalue weighted by molar-refractivity contribution is 5.64. The van der Waals surface area contributed by atoms with Gasteiger partial charge in [0.25, 0.3) is 6.43 Å². The first-order valence-electron chi connectivity index (χ1n) is 5.30. The van der Waals surface area contributed by atoms with Crippen LogP contribution in [0.25, 0.3) is 6.08 Å². The first-order chi connectivity index (χ1) is 8.22. The summed E-state index contributed by atoms with van der Waals surface area (Å²) in [5, 5.41) is 0. The van der Waals surface area contributed by atoms with Crippen molar-refractivity contribution < 1.29 is 18.3 Å². The van der Waals surface area contributed by atoms with E-state index in [0.717, 1.165) is 0 Å². The third kappa shape index (κ3) is 2.55. The van der Waals surface area contributed by atoms with E-state index in [4.69, 9.17) is 15.2 Å². The molecule has 3 nitrogen and oxygen atoms in total. The fourth-order valence-electron chi connectivity index (χ4n) is 1.65. The Morgan fingerprint density at radius 3 is 2.76 bits per heavy atom. The molecule has 0 bridgehead atoms. The minimum absolute atomic E-state index is 0.0779. The Bertz CT molecular complexity index is 433. The summed E-state index contributed by atoms with van der Waals surface area (Å²) in [7, 11) is 0. The van der Waals surface area contributed by atoms with Crippen molar-refractivity contribution in [2.45, 2.75) is 6.43 Å². The zero-order chi connectivity index (χ0) is 12.3. The standard InChI is InChI=1S/C12H13F2NO2/c13-12(14)9-6-8(2-1-3-15)11-10(7-9)16-4-5-17-11/h1-2,6-7,12H,3-5,15H2/b2-1+. The highest BCUT2D eigenvalue weighted by Crippen LogP contribution is 2.38. The fourth-order valence-corrected chi connectivity index (χ4v) is 1.65. The molecule has 17 heavy (non-hydrogen) atoms. The molecule has 0 saturated heterocycles. The van der Waals surface area contributed by atoms with E-state index in [1.807, 2.05) is 0 Å². The van der Waals surface area contributed by atoms with E-state index in [1.54, 1.807) is 12.2 Å². The molecule has 0 saturated carbocycles. The second-order valence-electron chi connectivity index (χ2n) is 3.57. The summed E-state index contributed by atoms with van der Waals surface area (Å²) in [6, 6.07) is 2.71. The summed E-state index contributed by atoms with van der Waals surface area (Å²) in [6.45, 7) is 1.14. The van der Waals surface area contributed by atoms with Gasteiger partial charge in [0.1, 0.15) is 13.2 Å². The number of nitrogens with two attached hydrogens (primary N) is 1. The quantitative estimate of drug-likeness (QED) is 0.883. The van der Waals surface area contributed by atoms with Crippen LogP contribution < -0.4 is 15.2 Å². The maximum absolute atomic E-state index is 12.7. The van der Waals surface area contributed by atoms with Crippen LogP contribution in [-0.4, -0.2) is 19.8 Å². The lowest BCUT2D eigenvalue weighted by molar-refractivity contribution is 0.147. The number of rotatable bonds is 3. The lowest BCUT2D eigenvalue weighted by Crippen LogP contribution is -2.16. The molecule has 1 aliphatic heterocycles. The molecular formula is C12H13F2NO2. The van der Waals surface area contributed by atoms with E-state index in [1.165, 1.54) is 12.1 Å². The number of hydrogen-bond acceptors (Lipinski definition) is 3. The molecule has 1 aromatic carbocycles. The predicted octanol–water partition coefficient (Wildman–Crippen LogP) is 2.37. The Labute approximate surface area is 97.8 Å². The molecule has 0 unspecified atom stereocenters. The molecule has 0 atom stereocenters. The van der Waals surface area contributed by atoms with Gasteiger partial charge in [-0.2, -0.15) is 0 Å². The maximum Gasteiger partial charge on any atom is 0.264 e. The number of hydrogen-bond donors (Lipinski definition) is 1. The molecular weight excluding hydrogens is 228 g/mol. The van der Waals surface area contributed by atoms with Gasteiger partial charge in [0.05, 0.1) is 0 Å². The summed E-state index contributed by atoms with van der Waals surface area (Å²) in [5.41, 5.74) is 5.84. The average molecular weight is 241 g/mol. The zero-order valence-electron chi connectivity index (χ0n) is 9.16. The molecule has 1 aliphatic rings. The monoisotopic (exact) mass is 241 g/mol. The first kappa shape index (κ1) is 11.9. The van der Waals surface area contributed by atoms with Gasteiger partial charge in [-0.3, -0.25) is 0 Å². The van der Waals surface area contributed by atoms with Crippen LogP contribution in [0.4, 0.5) is 8.78 Å². The van der Waals surface area contributed by atoms with Gasteiger partial charge in [0.15, 0.2) is 11.5 Å². The van der Waals surface area contributed by atoms with Crippen LogP contribution >= 0.6 is 0 Å². The Kier molecular flexibility index (Phi) is 3.58. The Morgan fingerprint density at radius 1 is 1.29 bits per heavy atom. The normalized spacial score (nSPS) is 14.6. The molecule has 1 heterocycles. The third-order valence-corrected chi connectivity index (χ3v) is 2.38. The van der Waals surface area contributed by atoms with Crippen LogP contribution in [0, 0.1) is 0 Å². The van der Waals surface area contributed by atoms with Gasteiger partial charge in [-0.15, -0.1) is 0 Å². The van der Waals surface area contributed by atoms with Crippen molar-refractivity contribution >= 4 is 6.08 Å². The van der Waals surface area contributed by atoms with E-state index < -0.39 is 6.43 Å². The van der Waals surface area contributed by atoms with Crippen molar-refractivity contribution in [1.82, 2.24) is 0 Å². The lowest BCUT2D eigenvalue weighted by Gasteiger charge is -2.21. The summed E-state index contributed by atoms with van der Waals surface area (Å²) in [5.74, 6) is 0.871. The summed E-state index contributed by atoms with van der Waals surface area (Å²) in [6.07, 6.45) is 0.818. The fraction of sp³-hybridized carbons (Fsp3) is 0.333. The van der Waals surface area contributed by atoms with E-state index in [-0.39, 0.29) is 5.56 Å². The Balaban J connectivity index is 2.46. The minimum Gasteiger partial charge on any atom is -0.486 e.